The van der Waals surface area contributed by atoms with E-state index in [0.29, 0.717) is 32.0 Å². The summed E-state index contributed by atoms with van der Waals surface area (Å²) < 4.78 is 39.7. The van der Waals surface area contributed by atoms with Crippen LogP contribution in [0.25, 0.3) is 0 Å². The highest BCUT2D eigenvalue weighted by Crippen LogP contribution is 2.34. The number of nitrogens with zero attached hydrogens (tertiary/aromatic N) is 4. The van der Waals surface area contributed by atoms with Crippen LogP contribution in [0.5, 0.6) is 0 Å². The largest absolute Gasteiger partial charge is 0.337 e. The smallest absolute Gasteiger partial charge is 0.226 e. The number of carbonyl (C=O) groups excluding carboxylic acids is 1. The van der Waals surface area contributed by atoms with Crippen LogP contribution in [0.15, 0.2) is 30.6 Å². The molecule has 0 spiro atoms. The summed E-state index contributed by atoms with van der Waals surface area (Å²) in [5.74, 6) is -1.55. The van der Waals surface area contributed by atoms with Gasteiger partial charge in [0.25, 0.3) is 0 Å². The van der Waals surface area contributed by atoms with E-state index >= 15 is 0 Å². The topological polar surface area (TPSA) is 49.3 Å². The van der Waals surface area contributed by atoms with Gasteiger partial charge in [-0.25, -0.2) is 23.1 Å². The summed E-state index contributed by atoms with van der Waals surface area (Å²) in [7, 11) is 0. The van der Waals surface area contributed by atoms with Crippen molar-refractivity contribution < 1.29 is 18.0 Å². The summed E-state index contributed by atoms with van der Waals surface area (Å²) >= 11 is 0. The number of anilines is 1. The Balaban J connectivity index is 1.35. The lowest BCUT2D eigenvalue weighted by atomic mass is 9.90. The number of carbonyl (C=O) groups is 1. The molecule has 2 fully saturated rings. The first-order valence-corrected chi connectivity index (χ1v) is 9.90. The molecule has 154 valence electrons. The highest BCUT2D eigenvalue weighted by atomic mass is 19.2. The summed E-state index contributed by atoms with van der Waals surface area (Å²) in [6.45, 7) is 3.81. The third-order valence-corrected chi connectivity index (χ3v) is 6.02. The van der Waals surface area contributed by atoms with Crippen LogP contribution in [-0.4, -0.2) is 46.5 Å². The molecule has 1 aromatic heterocycles. The number of hydrogen-bond donors (Lipinski definition) is 0. The van der Waals surface area contributed by atoms with Crippen LogP contribution in [0, 0.1) is 23.4 Å². The number of fused-ring (bicyclic) bond motifs is 1. The molecule has 2 saturated heterocycles. The van der Waals surface area contributed by atoms with E-state index in [0.717, 1.165) is 36.9 Å². The Morgan fingerprint density at radius 1 is 1.14 bits per heavy atom. The van der Waals surface area contributed by atoms with Crippen LogP contribution in [0.2, 0.25) is 0 Å². The number of aromatic nitrogens is 2. The van der Waals surface area contributed by atoms with Gasteiger partial charge in [0.1, 0.15) is 0 Å². The van der Waals surface area contributed by atoms with Gasteiger partial charge in [-0.2, -0.15) is 0 Å². The second kappa shape index (κ2) is 8.00. The van der Waals surface area contributed by atoms with Gasteiger partial charge in [0.2, 0.25) is 11.9 Å². The molecule has 1 unspecified atom stereocenters. The molecule has 0 N–H and O–H groups in total. The lowest BCUT2D eigenvalue weighted by Gasteiger charge is -2.37. The monoisotopic (exact) mass is 404 g/mol. The number of hydrogen-bond acceptors (Lipinski definition) is 4. The Labute approximate surface area is 167 Å². The summed E-state index contributed by atoms with van der Waals surface area (Å²) in [5.41, 5.74) is 0.742. The SMILES string of the molecule is CC(CC[C@H]1C[C@H]2CN(c3ncc(F)cn3)CCN2C1=O)c1ccc(F)c(F)c1. The Hall–Kier alpha value is -2.64. The first-order chi connectivity index (χ1) is 13.9. The molecule has 2 aromatic rings. The molecule has 0 aliphatic carbocycles. The average Bonchev–Trinajstić information content (AvgIpc) is 3.04. The van der Waals surface area contributed by atoms with Gasteiger partial charge in [-0.3, -0.25) is 4.79 Å². The van der Waals surface area contributed by atoms with Crippen LogP contribution in [0.3, 0.4) is 0 Å². The zero-order valence-electron chi connectivity index (χ0n) is 16.2. The lowest BCUT2D eigenvalue weighted by Crippen LogP contribution is -2.52. The molecule has 29 heavy (non-hydrogen) atoms. The molecule has 2 aliphatic rings. The molecular formula is C21H23F3N4O. The van der Waals surface area contributed by atoms with Crippen molar-refractivity contribution in [3.63, 3.8) is 0 Å². The average molecular weight is 404 g/mol. The van der Waals surface area contributed by atoms with Crippen molar-refractivity contribution in [1.82, 2.24) is 14.9 Å². The van der Waals surface area contributed by atoms with E-state index in [1.54, 1.807) is 6.07 Å². The maximum atomic E-state index is 13.5. The molecule has 4 rings (SSSR count). The van der Waals surface area contributed by atoms with Gasteiger partial charge in [0, 0.05) is 25.6 Å². The molecular weight excluding hydrogens is 381 g/mol. The third-order valence-electron chi connectivity index (χ3n) is 6.02. The van der Waals surface area contributed by atoms with Gasteiger partial charge in [-0.15, -0.1) is 0 Å². The molecule has 5 nitrogen and oxygen atoms in total. The Kier molecular flexibility index (Phi) is 5.43. The fourth-order valence-electron chi connectivity index (χ4n) is 4.34. The maximum absolute atomic E-state index is 13.5. The molecule has 0 radical (unpaired) electrons. The second-order valence-corrected chi connectivity index (χ2v) is 7.92. The van der Waals surface area contributed by atoms with Crippen molar-refractivity contribution in [3.05, 3.63) is 53.6 Å². The summed E-state index contributed by atoms with van der Waals surface area (Å²) in [6.07, 6.45) is 4.49. The van der Waals surface area contributed by atoms with E-state index in [9.17, 15) is 18.0 Å². The van der Waals surface area contributed by atoms with Crippen molar-refractivity contribution in [2.75, 3.05) is 24.5 Å². The fourth-order valence-corrected chi connectivity index (χ4v) is 4.34. The van der Waals surface area contributed by atoms with Gasteiger partial charge in [-0.1, -0.05) is 13.0 Å². The van der Waals surface area contributed by atoms with E-state index in [4.69, 9.17) is 0 Å². The minimum absolute atomic E-state index is 0.0413. The van der Waals surface area contributed by atoms with E-state index in [-0.39, 0.29) is 23.8 Å². The number of halogens is 3. The van der Waals surface area contributed by atoms with Crippen LogP contribution < -0.4 is 4.90 Å². The van der Waals surface area contributed by atoms with Crippen LogP contribution in [0.4, 0.5) is 19.1 Å². The minimum Gasteiger partial charge on any atom is -0.337 e. The van der Waals surface area contributed by atoms with Crippen molar-refractivity contribution >= 4 is 11.9 Å². The normalized spacial score (nSPS) is 22.7. The minimum atomic E-state index is -0.849. The highest BCUT2D eigenvalue weighted by molar-refractivity contribution is 5.82. The molecule has 1 amide bonds. The third kappa shape index (κ3) is 4.06. The van der Waals surface area contributed by atoms with Crippen LogP contribution >= 0.6 is 0 Å². The van der Waals surface area contributed by atoms with Gasteiger partial charge >= 0.3 is 0 Å². The predicted octanol–water partition coefficient (Wildman–Crippen LogP) is 3.51. The first kappa shape index (κ1) is 19.7. The molecule has 8 heteroatoms. The number of piperazine rings is 1. The van der Waals surface area contributed by atoms with E-state index in [2.05, 4.69) is 9.97 Å². The van der Waals surface area contributed by atoms with Crippen LogP contribution in [-0.2, 0) is 4.79 Å². The number of amides is 1. The van der Waals surface area contributed by atoms with Crippen molar-refractivity contribution in [2.24, 2.45) is 5.92 Å². The number of benzene rings is 1. The molecule has 1 aromatic carbocycles. The van der Waals surface area contributed by atoms with Crippen molar-refractivity contribution in [3.8, 4) is 0 Å². The number of rotatable bonds is 5. The standard InChI is InChI=1S/C21H23F3N4O/c1-13(14-4-5-18(23)19(24)9-14)2-3-15-8-17-12-27(6-7-28(17)20(15)29)21-25-10-16(22)11-26-21/h4-5,9-11,13,15,17H,2-3,6-8,12H2,1H3/t13?,15-,17-/m0/s1. The Morgan fingerprint density at radius 3 is 2.62 bits per heavy atom. The Bertz CT molecular complexity index is 892. The summed E-state index contributed by atoms with van der Waals surface area (Å²) in [6, 6.07) is 4.08. The van der Waals surface area contributed by atoms with Gasteiger partial charge in [0.05, 0.1) is 18.4 Å². The Morgan fingerprint density at radius 2 is 1.90 bits per heavy atom. The van der Waals surface area contributed by atoms with Crippen LogP contribution in [0.1, 0.15) is 37.7 Å². The first-order valence-electron chi connectivity index (χ1n) is 9.90. The van der Waals surface area contributed by atoms with E-state index in [1.807, 2.05) is 16.7 Å². The second-order valence-electron chi connectivity index (χ2n) is 7.92. The van der Waals surface area contributed by atoms with Crippen molar-refractivity contribution in [2.45, 2.75) is 38.1 Å². The molecule has 0 bridgehead atoms. The summed E-state index contributed by atoms with van der Waals surface area (Å²) in [5, 5.41) is 0. The van der Waals surface area contributed by atoms with Gasteiger partial charge in [-0.05, 0) is 42.9 Å². The van der Waals surface area contributed by atoms with Crippen molar-refractivity contribution in [1.29, 1.82) is 0 Å². The predicted molar refractivity (Wildman–Crippen MR) is 102 cm³/mol. The summed E-state index contributed by atoms with van der Waals surface area (Å²) in [4.78, 5) is 24.8. The lowest BCUT2D eigenvalue weighted by molar-refractivity contribution is -0.132. The highest BCUT2D eigenvalue weighted by Gasteiger charge is 2.42. The zero-order valence-corrected chi connectivity index (χ0v) is 16.2. The molecule has 3 heterocycles. The molecule has 2 aliphatic heterocycles. The zero-order chi connectivity index (χ0) is 20.5. The van der Waals surface area contributed by atoms with Gasteiger partial charge in [0.15, 0.2) is 17.5 Å². The molecule has 0 saturated carbocycles. The maximum Gasteiger partial charge on any atom is 0.226 e. The fraction of sp³-hybridized carbons (Fsp3) is 0.476. The molecule has 3 atom stereocenters. The van der Waals surface area contributed by atoms with E-state index < -0.39 is 17.5 Å². The van der Waals surface area contributed by atoms with E-state index in [1.165, 1.54) is 6.07 Å². The van der Waals surface area contributed by atoms with Gasteiger partial charge < -0.3 is 9.80 Å². The quantitative estimate of drug-likeness (QED) is 0.765.